The summed E-state index contributed by atoms with van der Waals surface area (Å²) in [5, 5.41) is 0. The Kier molecular flexibility index (Phi) is 5.21. The van der Waals surface area contributed by atoms with Crippen LogP contribution in [0.4, 0.5) is 4.39 Å². The van der Waals surface area contributed by atoms with Crippen LogP contribution in [0.1, 0.15) is 24.5 Å². The van der Waals surface area contributed by atoms with Crippen molar-refractivity contribution in [3.05, 3.63) is 59.4 Å². The maximum atomic E-state index is 13.2. The zero-order valence-electron chi connectivity index (χ0n) is 11.9. The average molecular weight is 289 g/mol. The van der Waals surface area contributed by atoms with Gasteiger partial charge in [0.1, 0.15) is 5.82 Å². The van der Waals surface area contributed by atoms with E-state index in [1.54, 1.807) is 23.9 Å². The van der Waals surface area contributed by atoms with E-state index in [2.05, 4.69) is 32.0 Å². The summed E-state index contributed by atoms with van der Waals surface area (Å²) < 4.78 is 13.2. The highest BCUT2D eigenvalue weighted by molar-refractivity contribution is 7.99. The number of rotatable bonds is 5. The van der Waals surface area contributed by atoms with E-state index in [0.717, 1.165) is 22.6 Å². The summed E-state index contributed by atoms with van der Waals surface area (Å²) >= 11 is 1.59. The average Bonchev–Trinajstić information content (AvgIpc) is 2.42. The minimum atomic E-state index is -0.196. The summed E-state index contributed by atoms with van der Waals surface area (Å²) in [5.41, 5.74) is 8.46. The highest BCUT2D eigenvalue weighted by atomic mass is 32.2. The van der Waals surface area contributed by atoms with Crippen molar-refractivity contribution < 1.29 is 4.39 Å². The smallest absolute Gasteiger partial charge is 0.124 e. The topological polar surface area (TPSA) is 26.0 Å². The Morgan fingerprint density at radius 1 is 1.20 bits per heavy atom. The maximum Gasteiger partial charge on any atom is 0.124 e. The van der Waals surface area contributed by atoms with Crippen molar-refractivity contribution in [1.82, 2.24) is 0 Å². The number of hydrogen-bond donors (Lipinski definition) is 1. The van der Waals surface area contributed by atoms with E-state index in [4.69, 9.17) is 5.73 Å². The molecule has 0 heterocycles. The van der Waals surface area contributed by atoms with Gasteiger partial charge in [-0.2, -0.15) is 0 Å². The molecule has 3 heteroatoms. The third-order valence-corrected chi connectivity index (χ3v) is 4.45. The Labute approximate surface area is 124 Å². The van der Waals surface area contributed by atoms with Gasteiger partial charge in [-0.1, -0.05) is 36.9 Å². The minimum Gasteiger partial charge on any atom is -0.327 e. The Morgan fingerprint density at radius 3 is 2.65 bits per heavy atom. The van der Waals surface area contributed by atoms with Crippen molar-refractivity contribution in [1.29, 1.82) is 0 Å². The van der Waals surface area contributed by atoms with Gasteiger partial charge in [-0.25, -0.2) is 4.39 Å². The minimum absolute atomic E-state index is 0.196. The van der Waals surface area contributed by atoms with Crippen LogP contribution in [0.3, 0.4) is 0 Å². The molecule has 2 rings (SSSR count). The Hall–Kier alpha value is -1.32. The van der Waals surface area contributed by atoms with Gasteiger partial charge >= 0.3 is 0 Å². The molecular weight excluding hydrogens is 269 g/mol. The second-order valence-electron chi connectivity index (χ2n) is 5.03. The third-order valence-electron chi connectivity index (χ3n) is 3.29. The summed E-state index contributed by atoms with van der Waals surface area (Å²) in [7, 11) is 0. The largest absolute Gasteiger partial charge is 0.327 e. The van der Waals surface area contributed by atoms with Crippen LogP contribution in [0.25, 0.3) is 0 Å². The Bertz CT molecular complexity index is 583. The molecule has 0 amide bonds. The van der Waals surface area contributed by atoms with Crippen molar-refractivity contribution in [2.45, 2.75) is 42.5 Å². The fourth-order valence-electron chi connectivity index (χ4n) is 2.06. The second-order valence-corrected chi connectivity index (χ2v) is 6.15. The van der Waals surface area contributed by atoms with Crippen molar-refractivity contribution in [2.75, 3.05) is 0 Å². The number of halogens is 1. The molecule has 1 nitrogen and oxygen atoms in total. The lowest BCUT2D eigenvalue weighted by atomic mass is 10.0. The molecule has 0 aromatic heterocycles. The molecule has 1 unspecified atom stereocenters. The molecule has 0 radical (unpaired) electrons. The molecule has 2 N–H and O–H groups in total. The molecule has 0 aliphatic carbocycles. The first-order valence-corrected chi connectivity index (χ1v) is 7.68. The summed E-state index contributed by atoms with van der Waals surface area (Å²) in [5.74, 6) is -0.196. The molecular formula is C17H20FNS. The molecule has 0 saturated heterocycles. The van der Waals surface area contributed by atoms with Crippen LogP contribution in [0.15, 0.2) is 52.3 Å². The fraction of sp³-hybridized carbons (Fsp3) is 0.294. The highest BCUT2D eigenvalue weighted by Gasteiger charge is 2.06. The van der Waals surface area contributed by atoms with Gasteiger partial charge in [0.25, 0.3) is 0 Å². The lowest BCUT2D eigenvalue weighted by molar-refractivity contribution is 0.624. The van der Waals surface area contributed by atoms with Gasteiger partial charge in [-0.3, -0.25) is 0 Å². The fourth-order valence-corrected chi connectivity index (χ4v) is 2.99. The van der Waals surface area contributed by atoms with E-state index in [0.29, 0.717) is 0 Å². The number of hydrogen-bond acceptors (Lipinski definition) is 2. The number of aryl methyl sites for hydroxylation is 1. The van der Waals surface area contributed by atoms with Gasteiger partial charge in [0.05, 0.1) is 0 Å². The van der Waals surface area contributed by atoms with E-state index in [-0.39, 0.29) is 11.9 Å². The van der Waals surface area contributed by atoms with E-state index in [1.807, 2.05) is 6.07 Å². The van der Waals surface area contributed by atoms with Gasteiger partial charge in [-0.05, 0) is 55.2 Å². The number of nitrogens with two attached hydrogens (primary N) is 1. The van der Waals surface area contributed by atoms with Crippen LogP contribution < -0.4 is 5.73 Å². The molecule has 2 aromatic rings. The molecule has 2 aromatic carbocycles. The summed E-state index contributed by atoms with van der Waals surface area (Å²) in [6.07, 6.45) is 1.89. The lowest BCUT2D eigenvalue weighted by Crippen LogP contribution is -2.21. The van der Waals surface area contributed by atoms with Gasteiger partial charge in [-0.15, -0.1) is 0 Å². The lowest BCUT2D eigenvalue weighted by Gasteiger charge is -2.11. The summed E-state index contributed by atoms with van der Waals surface area (Å²) in [6, 6.07) is 13.3. The SMILES string of the molecule is CCC(N)Cc1ccc(Sc2cccc(F)c2)c(C)c1. The molecule has 0 fully saturated rings. The van der Waals surface area contributed by atoms with Crippen LogP contribution in [-0.4, -0.2) is 6.04 Å². The van der Waals surface area contributed by atoms with Crippen LogP contribution >= 0.6 is 11.8 Å². The second kappa shape index (κ2) is 6.91. The standard InChI is InChI=1S/C17H20FNS/c1-3-15(19)10-13-7-8-17(12(2)9-13)20-16-6-4-5-14(18)11-16/h4-9,11,15H,3,10,19H2,1-2H3. The van der Waals surface area contributed by atoms with Crippen LogP contribution in [0, 0.1) is 12.7 Å². The number of benzene rings is 2. The van der Waals surface area contributed by atoms with Crippen molar-refractivity contribution >= 4 is 11.8 Å². The molecule has 0 spiro atoms. The highest BCUT2D eigenvalue weighted by Crippen LogP contribution is 2.31. The zero-order chi connectivity index (χ0) is 14.5. The summed E-state index contributed by atoms with van der Waals surface area (Å²) in [6.45, 7) is 4.19. The van der Waals surface area contributed by atoms with Gasteiger partial charge in [0.15, 0.2) is 0 Å². The normalized spacial score (nSPS) is 12.4. The Morgan fingerprint density at radius 2 is 2.00 bits per heavy atom. The van der Waals surface area contributed by atoms with E-state index < -0.39 is 0 Å². The first-order valence-electron chi connectivity index (χ1n) is 6.87. The van der Waals surface area contributed by atoms with Crippen molar-refractivity contribution in [3.63, 3.8) is 0 Å². The zero-order valence-corrected chi connectivity index (χ0v) is 12.7. The van der Waals surface area contributed by atoms with Crippen LogP contribution in [0.2, 0.25) is 0 Å². The van der Waals surface area contributed by atoms with Crippen LogP contribution in [0.5, 0.6) is 0 Å². The van der Waals surface area contributed by atoms with Crippen molar-refractivity contribution in [2.24, 2.45) is 5.73 Å². The molecule has 0 saturated carbocycles. The third kappa shape index (κ3) is 4.09. The summed E-state index contributed by atoms with van der Waals surface area (Å²) in [4.78, 5) is 2.08. The van der Waals surface area contributed by atoms with Gasteiger partial charge in [0, 0.05) is 15.8 Å². The maximum absolute atomic E-state index is 13.2. The first kappa shape index (κ1) is 15.1. The molecule has 106 valence electrons. The molecule has 0 bridgehead atoms. The van der Waals surface area contributed by atoms with E-state index >= 15 is 0 Å². The molecule has 0 aliphatic heterocycles. The van der Waals surface area contributed by atoms with Crippen molar-refractivity contribution in [3.8, 4) is 0 Å². The monoisotopic (exact) mass is 289 g/mol. The van der Waals surface area contributed by atoms with E-state index in [9.17, 15) is 4.39 Å². The Balaban J connectivity index is 2.13. The predicted octanol–water partition coefficient (Wildman–Crippen LogP) is 4.57. The van der Waals surface area contributed by atoms with Gasteiger partial charge in [0.2, 0.25) is 0 Å². The molecule has 0 aliphatic rings. The van der Waals surface area contributed by atoms with E-state index in [1.165, 1.54) is 17.2 Å². The van der Waals surface area contributed by atoms with Gasteiger partial charge < -0.3 is 5.73 Å². The molecule has 1 atom stereocenters. The quantitative estimate of drug-likeness (QED) is 0.873. The van der Waals surface area contributed by atoms with Crippen LogP contribution in [-0.2, 0) is 6.42 Å². The molecule has 20 heavy (non-hydrogen) atoms. The first-order chi connectivity index (χ1) is 9.58. The predicted molar refractivity (Wildman–Crippen MR) is 83.7 cm³/mol.